The lowest BCUT2D eigenvalue weighted by molar-refractivity contribution is -0.132. The first-order chi connectivity index (χ1) is 11.1. The van der Waals surface area contributed by atoms with Crippen LogP contribution in [-0.2, 0) is 4.79 Å². The smallest absolute Gasteiger partial charge is 0.223 e. The lowest BCUT2D eigenvalue weighted by atomic mass is 10.2. The second-order valence-corrected chi connectivity index (χ2v) is 7.12. The second kappa shape index (κ2) is 7.38. The van der Waals surface area contributed by atoms with Crippen LogP contribution >= 0.6 is 11.3 Å². The summed E-state index contributed by atoms with van der Waals surface area (Å²) in [5.74, 6) is 0.259. The molecular formula is C17H24N4OS. The Morgan fingerprint density at radius 1 is 1.39 bits per heavy atom. The average Bonchev–Trinajstić information content (AvgIpc) is 3.03. The van der Waals surface area contributed by atoms with Crippen molar-refractivity contribution < 1.29 is 4.79 Å². The van der Waals surface area contributed by atoms with Crippen LogP contribution in [0.25, 0.3) is 10.2 Å². The van der Waals surface area contributed by atoms with Gasteiger partial charge in [0.1, 0.15) is 5.01 Å². The molecule has 1 aromatic heterocycles. The van der Waals surface area contributed by atoms with E-state index in [0.717, 1.165) is 43.2 Å². The molecule has 3 rings (SSSR count). The summed E-state index contributed by atoms with van der Waals surface area (Å²) in [4.78, 5) is 21.2. The Balaban J connectivity index is 1.56. The molecule has 1 saturated heterocycles. The Morgan fingerprint density at radius 2 is 2.13 bits per heavy atom. The number of aromatic nitrogens is 1. The lowest BCUT2D eigenvalue weighted by Gasteiger charge is -2.29. The maximum atomic E-state index is 12.3. The van der Waals surface area contributed by atoms with E-state index in [4.69, 9.17) is 4.98 Å². The van der Waals surface area contributed by atoms with Gasteiger partial charge in [0.15, 0.2) is 0 Å². The van der Waals surface area contributed by atoms with Gasteiger partial charge in [-0.25, -0.2) is 4.98 Å². The van der Waals surface area contributed by atoms with Gasteiger partial charge in [-0.15, -0.1) is 11.3 Å². The van der Waals surface area contributed by atoms with E-state index in [2.05, 4.69) is 36.3 Å². The van der Waals surface area contributed by atoms with Gasteiger partial charge in [-0.1, -0.05) is 12.1 Å². The van der Waals surface area contributed by atoms with Crippen LogP contribution in [0.3, 0.4) is 0 Å². The van der Waals surface area contributed by atoms with Gasteiger partial charge in [-0.3, -0.25) is 9.69 Å². The van der Waals surface area contributed by atoms with Crippen molar-refractivity contribution in [2.75, 3.05) is 39.8 Å². The van der Waals surface area contributed by atoms with Crippen molar-refractivity contribution in [2.24, 2.45) is 0 Å². The first-order valence-corrected chi connectivity index (χ1v) is 9.01. The molecule has 23 heavy (non-hydrogen) atoms. The SMILES string of the molecule is CC(c1nc2ccccc2s1)N(C)CCC(=O)N1CCNCC1. The summed E-state index contributed by atoms with van der Waals surface area (Å²) in [5.41, 5.74) is 1.06. The monoisotopic (exact) mass is 332 g/mol. The summed E-state index contributed by atoms with van der Waals surface area (Å²) in [6.07, 6.45) is 0.575. The molecule has 1 fully saturated rings. The fourth-order valence-electron chi connectivity index (χ4n) is 2.80. The molecule has 0 radical (unpaired) electrons. The number of fused-ring (bicyclic) bond motifs is 1. The van der Waals surface area contributed by atoms with E-state index < -0.39 is 0 Å². The zero-order valence-corrected chi connectivity index (χ0v) is 14.6. The van der Waals surface area contributed by atoms with Gasteiger partial charge in [-0.2, -0.15) is 0 Å². The molecule has 1 aliphatic rings. The second-order valence-electron chi connectivity index (χ2n) is 6.06. The minimum Gasteiger partial charge on any atom is -0.340 e. The number of rotatable bonds is 5. The van der Waals surface area contributed by atoms with Crippen LogP contribution in [0.15, 0.2) is 24.3 Å². The van der Waals surface area contributed by atoms with Crippen LogP contribution in [0.5, 0.6) is 0 Å². The minimum absolute atomic E-state index is 0.225. The van der Waals surface area contributed by atoms with E-state index >= 15 is 0 Å². The molecule has 1 unspecified atom stereocenters. The van der Waals surface area contributed by atoms with E-state index in [9.17, 15) is 4.79 Å². The number of amides is 1. The van der Waals surface area contributed by atoms with Gasteiger partial charge in [0.25, 0.3) is 0 Å². The van der Waals surface area contributed by atoms with E-state index in [1.165, 1.54) is 4.70 Å². The third kappa shape index (κ3) is 3.88. The van der Waals surface area contributed by atoms with Crippen molar-refractivity contribution in [2.45, 2.75) is 19.4 Å². The summed E-state index contributed by atoms with van der Waals surface area (Å²) in [7, 11) is 2.07. The largest absolute Gasteiger partial charge is 0.340 e. The molecule has 0 saturated carbocycles. The number of para-hydroxylation sites is 1. The number of nitrogens with zero attached hydrogens (tertiary/aromatic N) is 3. The molecule has 2 heterocycles. The Hall–Kier alpha value is -1.50. The first kappa shape index (κ1) is 16.4. The van der Waals surface area contributed by atoms with Gasteiger partial charge in [-0.05, 0) is 26.1 Å². The highest BCUT2D eigenvalue weighted by Crippen LogP contribution is 2.28. The molecule has 0 aliphatic carbocycles. The van der Waals surface area contributed by atoms with Crippen LogP contribution in [-0.4, -0.2) is 60.5 Å². The van der Waals surface area contributed by atoms with Crippen molar-refractivity contribution in [3.63, 3.8) is 0 Å². The van der Waals surface area contributed by atoms with E-state index in [1.54, 1.807) is 11.3 Å². The van der Waals surface area contributed by atoms with Crippen LogP contribution in [0.2, 0.25) is 0 Å². The molecule has 0 spiro atoms. The van der Waals surface area contributed by atoms with Crippen molar-refractivity contribution in [3.05, 3.63) is 29.3 Å². The molecule has 1 atom stereocenters. The molecule has 1 N–H and O–H groups in total. The number of nitrogens with one attached hydrogen (secondary N) is 1. The Kier molecular flexibility index (Phi) is 5.25. The quantitative estimate of drug-likeness (QED) is 0.911. The highest BCUT2D eigenvalue weighted by atomic mass is 32.1. The zero-order chi connectivity index (χ0) is 16.2. The van der Waals surface area contributed by atoms with Crippen molar-refractivity contribution in [1.82, 2.24) is 20.1 Å². The average molecular weight is 332 g/mol. The molecule has 2 aromatic rings. The summed E-state index contributed by atoms with van der Waals surface area (Å²) < 4.78 is 1.22. The number of carbonyl (C=O) groups is 1. The van der Waals surface area contributed by atoms with Gasteiger partial charge < -0.3 is 10.2 Å². The van der Waals surface area contributed by atoms with Gasteiger partial charge in [0.2, 0.25) is 5.91 Å². The number of hydrogen-bond donors (Lipinski definition) is 1. The maximum absolute atomic E-state index is 12.3. The Labute approximate surface area is 141 Å². The van der Waals surface area contributed by atoms with E-state index in [1.807, 2.05) is 17.0 Å². The highest BCUT2D eigenvalue weighted by molar-refractivity contribution is 7.18. The number of benzene rings is 1. The van der Waals surface area contributed by atoms with Crippen molar-refractivity contribution in [3.8, 4) is 0 Å². The Bertz CT molecular complexity index is 632. The van der Waals surface area contributed by atoms with Crippen LogP contribution in [0, 0.1) is 0 Å². The predicted octanol–water partition coefficient (Wildman–Crippen LogP) is 2.11. The fourth-order valence-corrected chi connectivity index (χ4v) is 3.88. The molecule has 1 amide bonds. The van der Waals surface area contributed by atoms with Crippen molar-refractivity contribution >= 4 is 27.5 Å². The number of carbonyl (C=O) groups excluding carboxylic acids is 1. The molecule has 124 valence electrons. The molecular weight excluding hydrogens is 308 g/mol. The minimum atomic E-state index is 0.225. The van der Waals surface area contributed by atoms with Gasteiger partial charge in [0.05, 0.1) is 16.3 Å². The third-order valence-electron chi connectivity index (χ3n) is 4.48. The standard InChI is InChI=1S/C17H24N4OS/c1-13(17-19-14-5-3-4-6-15(14)23-17)20(2)10-7-16(22)21-11-8-18-9-12-21/h3-6,13,18H,7-12H2,1-2H3. The van der Waals surface area contributed by atoms with E-state index in [0.29, 0.717) is 6.42 Å². The molecule has 1 aromatic carbocycles. The maximum Gasteiger partial charge on any atom is 0.223 e. The summed E-state index contributed by atoms with van der Waals surface area (Å²) in [5, 5.41) is 4.39. The lowest BCUT2D eigenvalue weighted by Crippen LogP contribution is -2.47. The highest BCUT2D eigenvalue weighted by Gasteiger charge is 2.20. The number of thiazole rings is 1. The van der Waals surface area contributed by atoms with Crippen LogP contribution in [0.4, 0.5) is 0 Å². The summed E-state index contributed by atoms with van der Waals surface area (Å²) >= 11 is 1.74. The van der Waals surface area contributed by atoms with Crippen LogP contribution in [0.1, 0.15) is 24.4 Å². The number of hydrogen-bond acceptors (Lipinski definition) is 5. The predicted molar refractivity (Wildman–Crippen MR) is 94.7 cm³/mol. The molecule has 5 nitrogen and oxygen atoms in total. The van der Waals surface area contributed by atoms with E-state index in [-0.39, 0.29) is 11.9 Å². The fraction of sp³-hybridized carbons (Fsp3) is 0.529. The third-order valence-corrected chi connectivity index (χ3v) is 5.68. The first-order valence-electron chi connectivity index (χ1n) is 8.19. The molecule has 1 aliphatic heterocycles. The topological polar surface area (TPSA) is 48.5 Å². The normalized spacial score (nSPS) is 16.9. The zero-order valence-electron chi connectivity index (χ0n) is 13.8. The Morgan fingerprint density at radius 3 is 2.87 bits per heavy atom. The van der Waals surface area contributed by atoms with Crippen LogP contribution < -0.4 is 5.32 Å². The van der Waals surface area contributed by atoms with Gasteiger partial charge in [0, 0.05) is 39.1 Å². The van der Waals surface area contributed by atoms with Crippen molar-refractivity contribution in [1.29, 1.82) is 0 Å². The van der Waals surface area contributed by atoms with Gasteiger partial charge >= 0.3 is 0 Å². The molecule has 6 heteroatoms. The number of piperazine rings is 1. The summed E-state index contributed by atoms with van der Waals surface area (Å²) in [6, 6.07) is 8.45. The summed E-state index contributed by atoms with van der Waals surface area (Å²) in [6.45, 7) is 6.40. The molecule has 0 bridgehead atoms.